The molecule has 0 bridgehead atoms. The zero-order chi connectivity index (χ0) is 19.4. The Morgan fingerprint density at radius 1 is 1.07 bits per heavy atom. The average Bonchev–Trinajstić information content (AvgIpc) is 3.00. The molecule has 27 heavy (non-hydrogen) atoms. The van der Waals surface area contributed by atoms with Gasteiger partial charge in [-0.25, -0.2) is 0 Å². The number of carbonyl (C=O) groups excluding carboxylic acids is 3. The summed E-state index contributed by atoms with van der Waals surface area (Å²) in [5.41, 5.74) is 1.56. The fourth-order valence-corrected chi connectivity index (χ4v) is 3.53. The molecule has 1 fully saturated rings. The van der Waals surface area contributed by atoms with Gasteiger partial charge in [0.25, 0.3) is 0 Å². The van der Waals surface area contributed by atoms with Crippen molar-refractivity contribution in [3.8, 4) is 5.75 Å². The lowest BCUT2D eigenvalue weighted by molar-refractivity contribution is -0.133. The van der Waals surface area contributed by atoms with Gasteiger partial charge in [-0.2, -0.15) is 0 Å². The third kappa shape index (κ3) is 4.40. The highest BCUT2D eigenvalue weighted by Gasteiger charge is 2.23. The molecule has 0 aromatic heterocycles. The zero-order valence-electron chi connectivity index (χ0n) is 16.1. The van der Waals surface area contributed by atoms with Crippen molar-refractivity contribution in [1.29, 1.82) is 0 Å². The molecule has 7 heteroatoms. The molecule has 0 N–H and O–H groups in total. The van der Waals surface area contributed by atoms with Crippen molar-refractivity contribution in [2.75, 3.05) is 44.7 Å². The summed E-state index contributed by atoms with van der Waals surface area (Å²) in [4.78, 5) is 42.0. The first-order valence-electron chi connectivity index (χ1n) is 9.57. The third-order valence-electron chi connectivity index (χ3n) is 5.19. The van der Waals surface area contributed by atoms with Crippen LogP contribution >= 0.6 is 0 Å². The predicted octanol–water partition coefficient (Wildman–Crippen LogP) is 1.45. The standard InChI is InChI=1S/C20H27N3O4/c1-3-18(24)22-8-4-9-23(11-10-22)20(26)14-15-5-6-17-16(13-15)21(2)19(25)7-12-27-17/h5-6,13H,3-4,7-12,14H2,1-2H3. The van der Waals surface area contributed by atoms with E-state index in [2.05, 4.69) is 0 Å². The van der Waals surface area contributed by atoms with Crippen molar-refractivity contribution in [2.45, 2.75) is 32.6 Å². The summed E-state index contributed by atoms with van der Waals surface area (Å²) < 4.78 is 5.63. The Bertz CT molecular complexity index is 734. The van der Waals surface area contributed by atoms with Crippen LogP contribution in [0.25, 0.3) is 0 Å². The van der Waals surface area contributed by atoms with Gasteiger partial charge in [0.2, 0.25) is 17.7 Å². The largest absolute Gasteiger partial charge is 0.491 e. The minimum Gasteiger partial charge on any atom is -0.491 e. The third-order valence-corrected chi connectivity index (χ3v) is 5.19. The lowest BCUT2D eigenvalue weighted by atomic mass is 10.1. The molecule has 0 unspecified atom stereocenters. The second-order valence-corrected chi connectivity index (χ2v) is 7.00. The predicted molar refractivity (Wildman–Crippen MR) is 102 cm³/mol. The number of carbonyl (C=O) groups is 3. The summed E-state index contributed by atoms with van der Waals surface area (Å²) >= 11 is 0. The van der Waals surface area contributed by atoms with Crippen LogP contribution in [-0.4, -0.2) is 67.4 Å². The quantitative estimate of drug-likeness (QED) is 0.804. The Morgan fingerprint density at radius 2 is 1.78 bits per heavy atom. The number of ether oxygens (including phenoxy) is 1. The van der Waals surface area contributed by atoms with Gasteiger partial charge in [0.05, 0.1) is 25.1 Å². The minimum absolute atomic E-state index is 0.00503. The van der Waals surface area contributed by atoms with E-state index in [9.17, 15) is 14.4 Å². The SMILES string of the molecule is CCC(=O)N1CCCN(C(=O)Cc2ccc3c(c2)N(C)C(=O)CCO3)CC1. The minimum atomic E-state index is 0.00503. The van der Waals surface area contributed by atoms with Crippen LogP contribution in [0.4, 0.5) is 5.69 Å². The van der Waals surface area contributed by atoms with Crippen LogP contribution in [0.2, 0.25) is 0 Å². The molecule has 1 saturated heterocycles. The summed E-state index contributed by atoms with van der Waals surface area (Å²) in [5.74, 6) is 0.862. The van der Waals surface area contributed by atoms with E-state index in [-0.39, 0.29) is 24.1 Å². The van der Waals surface area contributed by atoms with Gasteiger partial charge in [0.1, 0.15) is 5.75 Å². The molecular weight excluding hydrogens is 346 g/mol. The molecule has 2 aliphatic heterocycles. The Kier molecular flexibility index (Phi) is 5.98. The van der Waals surface area contributed by atoms with Crippen molar-refractivity contribution < 1.29 is 19.1 Å². The Labute approximate surface area is 159 Å². The van der Waals surface area contributed by atoms with Gasteiger partial charge < -0.3 is 19.4 Å². The van der Waals surface area contributed by atoms with E-state index in [1.807, 2.05) is 34.9 Å². The second kappa shape index (κ2) is 8.41. The van der Waals surface area contributed by atoms with Crippen molar-refractivity contribution in [3.05, 3.63) is 23.8 Å². The summed E-state index contributed by atoms with van der Waals surface area (Å²) in [6, 6.07) is 5.57. The van der Waals surface area contributed by atoms with Gasteiger partial charge in [-0.05, 0) is 24.1 Å². The number of anilines is 1. The summed E-state index contributed by atoms with van der Waals surface area (Å²) in [5, 5.41) is 0. The van der Waals surface area contributed by atoms with E-state index < -0.39 is 0 Å². The van der Waals surface area contributed by atoms with E-state index in [0.717, 1.165) is 12.0 Å². The fraction of sp³-hybridized carbons (Fsp3) is 0.550. The van der Waals surface area contributed by atoms with Crippen molar-refractivity contribution >= 4 is 23.4 Å². The van der Waals surface area contributed by atoms with Gasteiger partial charge in [-0.15, -0.1) is 0 Å². The summed E-state index contributed by atoms with van der Waals surface area (Å²) in [6.45, 7) is 4.76. The van der Waals surface area contributed by atoms with Crippen LogP contribution in [0.3, 0.4) is 0 Å². The Hall–Kier alpha value is -2.57. The number of amides is 3. The van der Waals surface area contributed by atoms with Crippen molar-refractivity contribution in [3.63, 3.8) is 0 Å². The number of rotatable bonds is 3. The van der Waals surface area contributed by atoms with Crippen LogP contribution in [0, 0.1) is 0 Å². The summed E-state index contributed by atoms with van der Waals surface area (Å²) in [7, 11) is 1.73. The van der Waals surface area contributed by atoms with E-state index in [1.165, 1.54) is 0 Å². The van der Waals surface area contributed by atoms with E-state index >= 15 is 0 Å². The number of fused-ring (bicyclic) bond motifs is 1. The smallest absolute Gasteiger partial charge is 0.230 e. The molecule has 1 aromatic rings. The maximum absolute atomic E-state index is 12.8. The number of nitrogens with zero attached hydrogens (tertiary/aromatic N) is 3. The molecule has 146 valence electrons. The van der Waals surface area contributed by atoms with E-state index in [1.54, 1.807) is 11.9 Å². The van der Waals surface area contributed by atoms with Gasteiger partial charge in [0.15, 0.2) is 0 Å². The molecule has 0 radical (unpaired) electrons. The molecule has 3 amide bonds. The van der Waals surface area contributed by atoms with Crippen LogP contribution in [0.5, 0.6) is 5.75 Å². The van der Waals surface area contributed by atoms with E-state index in [4.69, 9.17) is 4.74 Å². The van der Waals surface area contributed by atoms with Gasteiger partial charge in [-0.1, -0.05) is 13.0 Å². The van der Waals surface area contributed by atoms with Crippen LogP contribution in [-0.2, 0) is 20.8 Å². The average molecular weight is 373 g/mol. The molecule has 2 aliphatic rings. The lowest BCUT2D eigenvalue weighted by Crippen LogP contribution is -2.37. The van der Waals surface area contributed by atoms with E-state index in [0.29, 0.717) is 57.1 Å². The second-order valence-electron chi connectivity index (χ2n) is 7.00. The maximum atomic E-state index is 12.8. The molecule has 7 nitrogen and oxygen atoms in total. The Balaban J connectivity index is 1.67. The lowest BCUT2D eigenvalue weighted by Gasteiger charge is -2.22. The molecule has 2 heterocycles. The summed E-state index contributed by atoms with van der Waals surface area (Å²) in [6.07, 6.45) is 1.92. The van der Waals surface area contributed by atoms with Crippen LogP contribution in [0.1, 0.15) is 31.7 Å². The number of hydrogen-bond donors (Lipinski definition) is 0. The van der Waals surface area contributed by atoms with Crippen molar-refractivity contribution in [1.82, 2.24) is 9.80 Å². The molecule has 0 saturated carbocycles. The topological polar surface area (TPSA) is 70.2 Å². The highest BCUT2D eigenvalue weighted by molar-refractivity contribution is 5.95. The van der Waals surface area contributed by atoms with Gasteiger partial charge >= 0.3 is 0 Å². The fourth-order valence-electron chi connectivity index (χ4n) is 3.53. The molecule has 0 atom stereocenters. The maximum Gasteiger partial charge on any atom is 0.230 e. The highest BCUT2D eigenvalue weighted by Crippen LogP contribution is 2.31. The molecule has 0 aliphatic carbocycles. The molecular formula is C20H27N3O4. The number of hydrogen-bond acceptors (Lipinski definition) is 4. The number of benzene rings is 1. The molecule has 0 spiro atoms. The first-order valence-corrected chi connectivity index (χ1v) is 9.57. The van der Waals surface area contributed by atoms with Crippen molar-refractivity contribution in [2.24, 2.45) is 0 Å². The molecule has 1 aromatic carbocycles. The van der Waals surface area contributed by atoms with Crippen LogP contribution in [0.15, 0.2) is 18.2 Å². The molecule has 3 rings (SSSR count). The normalized spacial score (nSPS) is 17.7. The monoisotopic (exact) mass is 373 g/mol. The zero-order valence-corrected chi connectivity index (χ0v) is 16.1. The first kappa shape index (κ1) is 19.2. The van der Waals surface area contributed by atoms with Gasteiger partial charge in [-0.3, -0.25) is 14.4 Å². The van der Waals surface area contributed by atoms with Crippen LogP contribution < -0.4 is 9.64 Å². The first-order chi connectivity index (χ1) is 13.0. The van der Waals surface area contributed by atoms with Gasteiger partial charge in [0, 0.05) is 39.6 Å². The highest BCUT2D eigenvalue weighted by atomic mass is 16.5. The Morgan fingerprint density at radius 3 is 2.48 bits per heavy atom.